The Bertz CT molecular complexity index is 381. The Morgan fingerprint density at radius 2 is 2.28 bits per heavy atom. The van der Waals surface area contributed by atoms with Crippen molar-refractivity contribution < 1.29 is 14.7 Å². The molecule has 2 atom stereocenters. The summed E-state index contributed by atoms with van der Waals surface area (Å²) < 4.78 is 0. The number of hydrazone groups is 1. The summed E-state index contributed by atoms with van der Waals surface area (Å²) in [6.45, 7) is 0.107. The lowest BCUT2D eigenvalue weighted by molar-refractivity contribution is -0.130. The molecule has 0 spiro atoms. The number of aliphatic hydroxyl groups is 1. The molecule has 0 saturated heterocycles. The summed E-state index contributed by atoms with van der Waals surface area (Å²) in [6.07, 6.45) is 3.61. The first-order chi connectivity index (χ1) is 8.61. The Morgan fingerprint density at radius 3 is 2.94 bits per heavy atom. The molecule has 0 aromatic carbocycles. The highest BCUT2D eigenvalue weighted by atomic mass is 16.3. The van der Waals surface area contributed by atoms with E-state index >= 15 is 0 Å². The molecule has 1 heterocycles. The molecule has 1 fully saturated rings. The van der Waals surface area contributed by atoms with Crippen LogP contribution in [0.3, 0.4) is 0 Å². The normalized spacial score (nSPS) is 28.2. The van der Waals surface area contributed by atoms with Crippen LogP contribution in [0.1, 0.15) is 32.1 Å². The van der Waals surface area contributed by atoms with E-state index in [1.54, 1.807) is 7.05 Å². The van der Waals surface area contributed by atoms with Crippen LogP contribution in [-0.2, 0) is 9.59 Å². The Hall–Kier alpha value is -1.43. The van der Waals surface area contributed by atoms with E-state index in [2.05, 4.69) is 10.4 Å². The van der Waals surface area contributed by atoms with E-state index in [4.69, 9.17) is 0 Å². The Balaban J connectivity index is 1.96. The van der Waals surface area contributed by atoms with Crippen molar-refractivity contribution in [1.29, 1.82) is 0 Å². The van der Waals surface area contributed by atoms with Gasteiger partial charge in [0.25, 0.3) is 5.91 Å². The van der Waals surface area contributed by atoms with Crippen molar-refractivity contribution in [2.45, 2.75) is 38.1 Å². The average molecular weight is 253 g/mol. The van der Waals surface area contributed by atoms with Crippen LogP contribution < -0.4 is 5.32 Å². The summed E-state index contributed by atoms with van der Waals surface area (Å²) in [4.78, 5) is 23.3. The van der Waals surface area contributed by atoms with Crippen molar-refractivity contribution >= 4 is 17.5 Å². The molecule has 0 radical (unpaired) electrons. The highest BCUT2D eigenvalue weighted by Gasteiger charge is 2.30. The number of nitrogens with one attached hydrogen (secondary N) is 1. The summed E-state index contributed by atoms with van der Waals surface area (Å²) >= 11 is 0. The van der Waals surface area contributed by atoms with E-state index in [-0.39, 0.29) is 30.4 Å². The van der Waals surface area contributed by atoms with Crippen molar-refractivity contribution in [2.75, 3.05) is 13.7 Å². The number of carbonyl (C=O) groups excluding carboxylic acids is 2. The Morgan fingerprint density at radius 1 is 1.50 bits per heavy atom. The van der Waals surface area contributed by atoms with Crippen LogP contribution in [-0.4, -0.2) is 47.3 Å². The molecular weight excluding hydrogens is 234 g/mol. The first-order valence-electron chi connectivity index (χ1n) is 6.37. The fourth-order valence-electron chi connectivity index (χ4n) is 2.53. The second-order valence-corrected chi connectivity index (χ2v) is 4.92. The lowest BCUT2D eigenvalue weighted by atomic mass is 10.0. The van der Waals surface area contributed by atoms with Gasteiger partial charge >= 0.3 is 0 Å². The zero-order valence-electron chi connectivity index (χ0n) is 10.6. The van der Waals surface area contributed by atoms with Crippen LogP contribution in [0, 0.1) is 5.92 Å². The van der Waals surface area contributed by atoms with E-state index in [1.165, 1.54) is 5.01 Å². The van der Waals surface area contributed by atoms with Gasteiger partial charge in [-0.05, 0) is 12.8 Å². The summed E-state index contributed by atoms with van der Waals surface area (Å²) in [7, 11) is 1.56. The molecule has 0 aromatic heterocycles. The molecule has 6 heteroatoms. The quantitative estimate of drug-likeness (QED) is 0.735. The second-order valence-electron chi connectivity index (χ2n) is 4.92. The largest absolute Gasteiger partial charge is 0.396 e. The number of amides is 2. The number of hydrogen-bond donors (Lipinski definition) is 2. The SMILES string of the molecule is CN1N=C(C(=O)NC2CCCC2CO)CCC1=O. The Kier molecular flexibility index (Phi) is 3.96. The van der Waals surface area contributed by atoms with Crippen LogP contribution in [0.15, 0.2) is 5.10 Å². The molecule has 0 aromatic rings. The molecule has 2 unspecified atom stereocenters. The first-order valence-corrected chi connectivity index (χ1v) is 6.37. The van der Waals surface area contributed by atoms with Crippen LogP contribution in [0.2, 0.25) is 0 Å². The molecule has 6 nitrogen and oxygen atoms in total. The zero-order valence-corrected chi connectivity index (χ0v) is 10.6. The number of aliphatic hydroxyl groups excluding tert-OH is 1. The molecule has 2 amide bonds. The number of nitrogens with zero attached hydrogens (tertiary/aromatic N) is 2. The molecular formula is C12H19N3O3. The Labute approximate surface area is 106 Å². The van der Waals surface area contributed by atoms with E-state index in [0.29, 0.717) is 18.6 Å². The minimum atomic E-state index is -0.209. The van der Waals surface area contributed by atoms with Crippen LogP contribution in [0.4, 0.5) is 0 Å². The van der Waals surface area contributed by atoms with E-state index in [9.17, 15) is 14.7 Å². The van der Waals surface area contributed by atoms with Gasteiger partial charge in [0.1, 0.15) is 5.71 Å². The van der Waals surface area contributed by atoms with Gasteiger partial charge in [-0.1, -0.05) is 6.42 Å². The summed E-state index contributed by atoms with van der Waals surface area (Å²) in [6, 6.07) is 0.0353. The molecule has 2 N–H and O–H groups in total. The molecule has 1 saturated carbocycles. The molecule has 2 aliphatic rings. The van der Waals surface area contributed by atoms with Crippen molar-refractivity contribution in [2.24, 2.45) is 11.0 Å². The highest BCUT2D eigenvalue weighted by molar-refractivity contribution is 6.39. The number of rotatable bonds is 3. The van der Waals surface area contributed by atoms with E-state index in [1.807, 2.05) is 0 Å². The van der Waals surface area contributed by atoms with Gasteiger partial charge in [0, 0.05) is 38.5 Å². The lowest BCUT2D eigenvalue weighted by Gasteiger charge is -2.22. The number of carbonyl (C=O) groups is 2. The van der Waals surface area contributed by atoms with Gasteiger partial charge in [0.15, 0.2) is 0 Å². The number of hydrogen-bond acceptors (Lipinski definition) is 4. The predicted molar refractivity (Wildman–Crippen MR) is 65.8 cm³/mol. The van der Waals surface area contributed by atoms with E-state index < -0.39 is 0 Å². The third-order valence-corrected chi connectivity index (χ3v) is 3.68. The standard InChI is InChI=1S/C12H19N3O3/c1-15-11(17)6-5-10(14-15)12(18)13-9-4-2-3-8(9)7-16/h8-9,16H,2-7H2,1H3,(H,13,18). The fraction of sp³-hybridized carbons (Fsp3) is 0.750. The van der Waals surface area contributed by atoms with Crippen molar-refractivity contribution in [3.05, 3.63) is 0 Å². The smallest absolute Gasteiger partial charge is 0.267 e. The van der Waals surface area contributed by atoms with Gasteiger partial charge in [-0.3, -0.25) is 9.59 Å². The minimum Gasteiger partial charge on any atom is -0.396 e. The third-order valence-electron chi connectivity index (χ3n) is 3.68. The van der Waals surface area contributed by atoms with Gasteiger partial charge in [0.05, 0.1) is 0 Å². The van der Waals surface area contributed by atoms with E-state index in [0.717, 1.165) is 19.3 Å². The summed E-state index contributed by atoms with van der Waals surface area (Å²) in [5.74, 6) is -0.127. The first kappa shape index (κ1) is 13.0. The van der Waals surface area contributed by atoms with Crippen LogP contribution in [0.5, 0.6) is 0 Å². The predicted octanol–water partition coefficient (Wildman–Crippen LogP) is -0.128. The van der Waals surface area contributed by atoms with Gasteiger partial charge in [-0.2, -0.15) is 5.10 Å². The van der Waals surface area contributed by atoms with Crippen molar-refractivity contribution in [3.8, 4) is 0 Å². The van der Waals surface area contributed by atoms with Gasteiger partial charge in [-0.25, -0.2) is 5.01 Å². The zero-order chi connectivity index (χ0) is 13.1. The molecule has 1 aliphatic carbocycles. The molecule has 100 valence electrons. The van der Waals surface area contributed by atoms with Gasteiger partial charge in [0.2, 0.25) is 5.91 Å². The third kappa shape index (κ3) is 2.69. The molecule has 18 heavy (non-hydrogen) atoms. The average Bonchev–Trinajstić information content (AvgIpc) is 2.79. The highest BCUT2D eigenvalue weighted by Crippen LogP contribution is 2.25. The maximum Gasteiger partial charge on any atom is 0.267 e. The fourth-order valence-corrected chi connectivity index (χ4v) is 2.53. The second kappa shape index (κ2) is 5.48. The minimum absolute atomic E-state index is 0.0353. The maximum atomic E-state index is 12.0. The topological polar surface area (TPSA) is 82.0 Å². The summed E-state index contributed by atoms with van der Waals surface area (Å²) in [5, 5.41) is 17.3. The van der Waals surface area contributed by atoms with Crippen molar-refractivity contribution in [3.63, 3.8) is 0 Å². The van der Waals surface area contributed by atoms with Crippen molar-refractivity contribution in [1.82, 2.24) is 10.3 Å². The molecule has 0 bridgehead atoms. The van der Waals surface area contributed by atoms with Crippen LogP contribution in [0.25, 0.3) is 0 Å². The molecule has 1 aliphatic heterocycles. The monoisotopic (exact) mass is 253 g/mol. The molecule has 2 rings (SSSR count). The van der Waals surface area contributed by atoms with Gasteiger partial charge < -0.3 is 10.4 Å². The summed E-state index contributed by atoms with van der Waals surface area (Å²) in [5.41, 5.74) is 0.403. The maximum absolute atomic E-state index is 12.0. The van der Waals surface area contributed by atoms with Gasteiger partial charge in [-0.15, -0.1) is 0 Å². The lowest BCUT2D eigenvalue weighted by Crippen LogP contribution is -2.44. The van der Waals surface area contributed by atoms with Crippen LogP contribution >= 0.6 is 0 Å².